The Morgan fingerprint density at radius 3 is 2.42 bits per heavy atom. The number of hydrogen-bond acceptors (Lipinski definition) is 5. The number of anilines is 1. The van der Waals surface area contributed by atoms with Crippen molar-refractivity contribution in [1.29, 1.82) is 0 Å². The lowest BCUT2D eigenvalue weighted by Gasteiger charge is -2.33. The molecule has 2 aromatic carbocycles. The number of hydrogen-bond donors (Lipinski definition) is 0. The summed E-state index contributed by atoms with van der Waals surface area (Å²) in [4.78, 5) is 19.6. The van der Waals surface area contributed by atoms with Crippen LogP contribution in [-0.2, 0) is 4.74 Å². The van der Waals surface area contributed by atoms with Gasteiger partial charge in [0.25, 0.3) is 0 Å². The minimum absolute atomic E-state index is 0.285. The molecule has 4 aromatic rings. The number of rotatable bonds is 5. The van der Waals surface area contributed by atoms with E-state index in [0.29, 0.717) is 12.3 Å². The fourth-order valence-electron chi connectivity index (χ4n) is 4.00. The van der Waals surface area contributed by atoms with Crippen molar-refractivity contribution in [2.75, 3.05) is 24.6 Å². The number of aryl methyl sites for hydroxylation is 1. The number of carbonyl (C=O) groups excluding carboxylic acids is 1. The summed E-state index contributed by atoms with van der Waals surface area (Å²) in [6.45, 7) is 6.29. The molecule has 0 saturated carbocycles. The second kappa shape index (κ2) is 7.87. The lowest BCUT2D eigenvalue weighted by Crippen LogP contribution is -2.36. The van der Waals surface area contributed by atoms with Crippen molar-refractivity contribution >= 4 is 22.7 Å². The van der Waals surface area contributed by atoms with Crippen LogP contribution in [0.15, 0.2) is 60.7 Å². The zero-order valence-electron chi connectivity index (χ0n) is 17.7. The van der Waals surface area contributed by atoms with Crippen LogP contribution in [0.5, 0.6) is 0 Å². The van der Waals surface area contributed by atoms with Crippen molar-refractivity contribution in [3.63, 3.8) is 0 Å². The molecule has 2 aromatic heterocycles. The zero-order valence-corrected chi connectivity index (χ0v) is 17.7. The highest BCUT2D eigenvalue weighted by Crippen LogP contribution is 2.34. The Balaban J connectivity index is 1.70. The zero-order chi connectivity index (χ0) is 21.4. The summed E-state index contributed by atoms with van der Waals surface area (Å²) in [5, 5.41) is 5.69. The van der Waals surface area contributed by atoms with E-state index in [2.05, 4.69) is 34.1 Å². The second-order valence-corrected chi connectivity index (χ2v) is 7.69. The van der Waals surface area contributed by atoms with E-state index in [1.165, 1.54) is 12.1 Å². The average molecular weight is 412 g/mol. The maximum Gasteiger partial charge on any atom is 0.357 e. The van der Waals surface area contributed by atoms with Crippen LogP contribution in [0.4, 0.5) is 5.69 Å². The number of fused-ring (bicyclic) bond motifs is 1. The van der Waals surface area contributed by atoms with Gasteiger partial charge in [0.05, 0.1) is 23.4 Å². The molecule has 0 bridgehead atoms. The summed E-state index contributed by atoms with van der Waals surface area (Å²) in [7, 11) is 0. The lowest BCUT2D eigenvalue weighted by molar-refractivity contribution is 0.0520. The highest BCUT2D eigenvalue weighted by atomic mass is 16.5. The number of ether oxygens (including phenoxy) is 1. The van der Waals surface area contributed by atoms with Crippen LogP contribution in [0.25, 0.3) is 27.8 Å². The molecule has 1 saturated heterocycles. The minimum atomic E-state index is -0.429. The Morgan fingerprint density at radius 1 is 1.03 bits per heavy atom. The van der Waals surface area contributed by atoms with E-state index in [1.807, 2.05) is 43.3 Å². The Hall–Kier alpha value is -3.67. The van der Waals surface area contributed by atoms with Gasteiger partial charge in [0.15, 0.2) is 11.3 Å². The van der Waals surface area contributed by atoms with Gasteiger partial charge in [-0.15, -0.1) is 0 Å². The van der Waals surface area contributed by atoms with E-state index in [-0.39, 0.29) is 5.69 Å². The molecule has 5 rings (SSSR count). The normalized spacial score (nSPS) is 13.3. The molecule has 3 heterocycles. The molecule has 0 N–H and O–H groups in total. The van der Waals surface area contributed by atoms with Crippen molar-refractivity contribution in [1.82, 2.24) is 14.8 Å². The summed E-state index contributed by atoms with van der Waals surface area (Å²) in [6.07, 6.45) is 1.24. The summed E-state index contributed by atoms with van der Waals surface area (Å²) in [5.74, 6) is -0.429. The van der Waals surface area contributed by atoms with E-state index < -0.39 is 5.97 Å². The van der Waals surface area contributed by atoms with Gasteiger partial charge in [0.2, 0.25) is 0 Å². The molecule has 0 unspecified atom stereocenters. The largest absolute Gasteiger partial charge is 0.461 e. The van der Waals surface area contributed by atoms with Gasteiger partial charge in [-0.3, -0.25) is 0 Å². The van der Waals surface area contributed by atoms with Gasteiger partial charge in [-0.25, -0.2) is 14.5 Å². The van der Waals surface area contributed by atoms with Crippen LogP contribution in [0.2, 0.25) is 0 Å². The monoisotopic (exact) mass is 412 g/mol. The van der Waals surface area contributed by atoms with Crippen LogP contribution in [0, 0.1) is 6.92 Å². The Morgan fingerprint density at radius 2 is 1.77 bits per heavy atom. The fraction of sp³-hybridized carbons (Fsp3) is 0.240. The number of carbonyl (C=O) groups is 1. The molecule has 0 spiro atoms. The van der Waals surface area contributed by atoms with E-state index in [4.69, 9.17) is 9.84 Å². The van der Waals surface area contributed by atoms with Crippen LogP contribution in [0.1, 0.15) is 29.5 Å². The molecule has 0 amide bonds. The van der Waals surface area contributed by atoms with E-state index in [9.17, 15) is 4.79 Å². The molecule has 1 aliphatic heterocycles. The van der Waals surface area contributed by atoms with Crippen molar-refractivity contribution in [2.45, 2.75) is 20.3 Å². The second-order valence-electron chi connectivity index (χ2n) is 7.69. The van der Waals surface area contributed by atoms with Gasteiger partial charge in [0, 0.05) is 18.8 Å². The fourth-order valence-corrected chi connectivity index (χ4v) is 4.00. The van der Waals surface area contributed by atoms with Crippen LogP contribution < -0.4 is 4.90 Å². The maximum absolute atomic E-state index is 12.6. The number of esters is 1. The van der Waals surface area contributed by atoms with Crippen molar-refractivity contribution < 1.29 is 9.53 Å². The number of pyridine rings is 1. The molecule has 6 nitrogen and oxygen atoms in total. The van der Waals surface area contributed by atoms with Crippen molar-refractivity contribution in [3.05, 3.63) is 72.1 Å². The first-order valence-corrected chi connectivity index (χ1v) is 10.6. The molecule has 0 atom stereocenters. The summed E-state index contributed by atoms with van der Waals surface area (Å²) in [5.41, 5.74) is 5.88. The van der Waals surface area contributed by atoms with Gasteiger partial charge in [-0.2, -0.15) is 5.10 Å². The molecule has 0 aliphatic carbocycles. The van der Waals surface area contributed by atoms with E-state index >= 15 is 0 Å². The average Bonchev–Trinajstić information content (AvgIpc) is 3.10. The van der Waals surface area contributed by atoms with E-state index in [0.717, 1.165) is 41.0 Å². The SMILES string of the molecule is CCOC(=O)c1cc(-c2ccc(N3CCC3)cc2)c2c(C)nn(-c3ccccc3)c2n1. The summed E-state index contributed by atoms with van der Waals surface area (Å²) in [6, 6.07) is 20.2. The number of para-hydroxylation sites is 1. The smallest absolute Gasteiger partial charge is 0.357 e. The summed E-state index contributed by atoms with van der Waals surface area (Å²) >= 11 is 0. The van der Waals surface area contributed by atoms with E-state index in [1.54, 1.807) is 11.6 Å². The first kappa shape index (κ1) is 19.3. The van der Waals surface area contributed by atoms with Crippen LogP contribution in [-0.4, -0.2) is 40.4 Å². The molecule has 6 heteroatoms. The predicted octanol–water partition coefficient (Wildman–Crippen LogP) is 4.78. The molecular formula is C25H24N4O2. The first-order valence-electron chi connectivity index (χ1n) is 10.6. The van der Waals surface area contributed by atoms with Crippen LogP contribution >= 0.6 is 0 Å². The Bertz CT molecular complexity index is 1240. The molecule has 0 radical (unpaired) electrons. The number of nitrogens with zero attached hydrogens (tertiary/aromatic N) is 4. The third-order valence-corrected chi connectivity index (χ3v) is 5.70. The molecule has 31 heavy (non-hydrogen) atoms. The lowest BCUT2D eigenvalue weighted by atomic mass is 10.00. The molecule has 1 fully saturated rings. The van der Waals surface area contributed by atoms with Crippen LogP contribution in [0.3, 0.4) is 0 Å². The standard InChI is InChI=1S/C25H24N4O2/c1-3-31-25(30)22-16-21(18-10-12-19(13-11-18)28-14-7-15-28)23-17(2)27-29(24(23)26-22)20-8-5-4-6-9-20/h4-6,8-13,16H,3,7,14-15H2,1-2H3. The number of aromatic nitrogens is 3. The third kappa shape index (κ3) is 3.44. The van der Waals surface area contributed by atoms with Crippen molar-refractivity contribution in [3.8, 4) is 16.8 Å². The first-order chi connectivity index (χ1) is 15.2. The van der Waals surface area contributed by atoms with Gasteiger partial charge >= 0.3 is 5.97 Å². The van der Waals surface area contributed by atoms with Crippen molar-refractivity contribution in [2.24, 2.45) is 0 Å². The highest BCUT2D eigenvalue weighted by molar-refractivity contribution is 6.00. The molecule has 156 valence electrons. The maximum atomic E-state index is 12.6. The Kier molecular flexibility index (Phi) is 4.90. The molecular weight excluding hydrogens is 388 g/mol. The predicted molar refractivity (Wildman–Crippen MR) is 122 cm³/mol. The topological polar surface area (TPSA) is 60.2 Å². The highest BCUT2D eigenvalue weighted by Gasteiger charge is 2.21. The Labute approximate surface area is 181 Å². The van der Waals surface area contributed by atoms with Gasteiger partial charge in [0.1, 0.15) is 0 Å². The van der Waals surface area contributed by atoms with Gasteiger partial charge in [-0.1, -0.05) is 30.3 Å². The minimum Gasteiger partial charge on any atom is -0.461 e. The van der Waals surface area contributed by atoms with Gasteiger partial charge in [-0.05, 0) is 61.7 Å². The number of benzene rings is 2. The molecule has 1 aliphatic rings. The van der Waals surface area contributed by atoms with Gasteiger partial charge < -0.3 is 9.64 Å². The quantitative estimate of drug-likeness (QED) is 0.442. The summed E-state index contributed by atoms with van der Waals surface area (Å²) < 4.78 is 7.05. The third-order valence-electron chi connectivity index (χ3n) is 5.70.